The highest BCUT2D eigenvalue weighted by Crippen LogP contribution is 2.29. The molecule has 0 spiro atoms. The Kier molecular flexibility index (Phi) is 5.45. The van der Waals surface area contributed by atoms with E-state index >= 15 is 0 Å². The van der Waals surface area contributed by atoms with Crippen molar-refractivity contribution in [2.24, 2.45) is 5.92 Å². The van der Waals surface area contributed by atoms with Crippen LogP contribution < -0.4 is 10.2 Å². The third-order valence-corrected chi connectivity index (χ3v) is 4.43. The predicted molar refractivity (Wildman–Crippen MR) is 80.5 cm³/mol. The van der Waals surface area contributed by atoms with Gasteiger partial charge in [0, 0.05) is 25.3 Å². The summed E-state index contributed by atoms with van der Waals surface area (Å²) in [5.41, 5.74) is 0.937. The first-order chi connectivity index (χ1) is 10.3. The maximum atomic E-state index is 12.1. The number of carbonyl (C=O) groups is 1. The van der Waals surface area contributed by atoms with Gasteiger partial charge < -0.3 is 10.2 Å². The fourth-order valence-corrected chi connectivity index (χ4v) is 2.71. The Bertz CT molecular complexity index is 543. The minimum Gasteiger partial charge on any atom is -0.371 e. The van der Waals surface area contributed by atoms with Gasteiger partial charge in [-0.3, -0.25) is 4.79 Å². The summed E-state index contributed by atoms with van der Waals surface area (Å²) in [6.07, 6.45) is -3.41. The monoisotopic (exact) mass is 354 g/mol. The maximum Gasteiger partial charge on any atom is 0.471 e. The molecule has 3 nitrogen and oxygen atoms in total. The predicted octanol–water partition coefficient (Wildman–Crippen LogP) is 3.89. The molecule has 1 fully saturated rings. The molecule has 1 aliphatic heterocycles. The van der Waals surface area contributed by atoms with Crippen molar-refractivity contribution in [3.05, 3.63) is 28.2 Å². The molecule has 0 saturated carbocycles. The number of anilines is 1. The number of nitrogens with zero attached hydrogens (tertiary/aromatic N) is 1. The smallest absolute Gasteiger partial charge is 0.371 e. The number of amides is 1. The molecule has 0 atom stereocenters. The zero-order valence-corrected chi connectivity index (χ0v) is 13.1. The van der Waals surface area contributed by atoms with Gasteiger partial charge in [0.2, 0.25) is 0 Å². The third-order valence-electron chi connectivity index (χ3n) is 3.69. The number of piperidine rings is 1. The van der Waals surface area contributed by atoms with Gasteiger partial charge in [-0.05, 0) is 37.0 Å². The number of carbonyl (C=O) groups excluding carboxylic acids is 1. The maximum absolute atomic E-state index is 12.1. The topological polar surface area (TPSA) is 32.3 Å². The summed E-state index contributed by atoms with van der Waals surface area (Å²) in [6, 6.07) is 5.35. The second-order valence-electron chi connectivity index (χ2n) is 5.24. The van der Waals surface area contributed by atoms with Crippen LogP contribution in [0.4, 0.5) is 18.9 Å². The normalized spacial score (nSPS) is 16.7. The minimum absolute atomic E-state index is 0.0466. The van der Waals surface area contributed by atoms with E-state index in [1.165, 1.54) is 0 Å². The van der Waals surface area contributed by atoms with Gasteiger partial charge in [0.1, 0.15) is 0 Å². The quantitative estimate of drug-likeness (QED) is 0.892. The number of rotatable bonds is 3. The summed E-state index contributed by atoms with van der Waals surface area (Å²) in [7, 11) is 0. The van der Waals surface area contributed by atoms with Crippen LogP contribution >= 0.6 is 23.2 Å². The first-order valence-electron chi connectivity index (χ1n) is 6.82. The Morgan fingerprint density at radius 2 is 1.86 bits per heavy atom. The molecule has 22 heavy (non-hydrogen) atoms. The summed E-state index contributed by atoms with van der Waals surface area (Å²) in [5.74, 6) is -1.83. The molecular weight excluding hydrogens is 340 g/mol. The van der Waals surface area contributed by atoms with Crippen molar-refractivity contribution in [1.29, 1.82) is 0 Å². The molecule has 1 saturated heterocycles. The molecule has 1 aromatic rings. The molecule has 1 N–H and O–H groups in total. The number of hydrogen-bond donors (Lipinski definition) is 1. The number of halogens is 5. The molecule has 0 radical (unpaired) electrons. The number of nitrogens with one attached hydrogen (secondary N) is 1. The van der Waals surface area contributed by atoms with E-state index in [-0.39, 0.29) is 12.5 Å². The highest BCUT2D eigenvalue weighted by molar-refractivity contribution is 6.42. The van der Waals surface area contributed by atoms with Gasteiger partial charge in [0.25, 0.3) is 0 Å². The summed E-state index contributed by atoms with van der Waals surface area (Å²) in [6.45, 7) is 1.45. The zero-order chi connectivity index (χ0) is 16.3. The van der Waals surface area contributed by atoms with Crippen LogP contribution in [-0.4, -0.2) is 31.7 Å². The third kappa shape index (κ3) is 4.43. The Balaban J connectivity index is 1.83. The Morgan fingerprint density at radius 1 is 1.23 bits per heavy atom. The van der Waals surface area contributed by atoms with E-state index in [1.54, 1.807) is 12.1 Å². The summed E-state index contributed by atoms with van der Waals surface area (Å²) >= 11 is 11.8. The van der Waals surface area contributed by atoms with Gasteiger partial charge in [0.05, 0.1) is 10.0 Å². The van der Waals surface area contributed by atoms with Crippen LogP contribution in [0, 0.1) is 5.92 Å². The second kappa shape index (κ2) is 6.96. The van der Waals surface area contributed by atoms with Crippen LogP contribution in [-0.2, 0) is 4.79 Å². The van der Waals surface area contributed by atoms with Crippen LogP contribution in [0.1, 0.15) is 12.8 Å². The van der Waals surface area contributed by atoms with Crippen LogP contribution in [0.25, 0.3) is 0 Å². The van der Waals surface area contributed by atoms with Gasteiger partial charge in [-0.15, -0.1) is 0 Å². The Labute approximate surface area is 136 Å². The molecule has 2 rings (SSSR count). The highest BCUT2D eigenvalue weighted by atomic mass is 35.5. The lowest BCUT2D eigenvalue weighted by Crippen LogP contribution is -2.42. The largest absolute Gasteiger partial charge is 0.471 e. The number of hydrogen-bond acceptors (Lipinski definition) is 2. The highest BCUT2D eigenvalue weighted by Gasteiger charge is 2.38. The molecule has 0 bridgehead atoms. The van der Waals surface area contributed by atoms with Crippen LogP contribution in [0.5, 0.6) is 0 Å². The van der Waals surface area contributed by atoms with E-state index < -0.39 is 12.1 Å². The zero-order valence-electron chi connectivity index (χ0n) is 11.6. The lowest BCUT2D eigenvalue weighted by molar-refractivity contribution is -0.173. The summed E-state index contributed by atoms with van der Waals surface area (Å²) < 4.78 is 36.3. The standard InChI is InChI=1S/C14H15Cl2F3N2O/c15-11-2-1-10(7-12(11)16)21-5-3-9(4-6-21)8-20-13(22)14(17,18)19/h1-2,7,9H,3-6,8H2,(H,20,22). The van der Waals surface area contributed by atoms with Gasteiger partial charge in [-0.1, -0.05) is 23.2 Å². The van der Waals surface area contributed by atoms with E-state index in [0.717, 1.165) is 5.69 Å². The van der Waals surface area contributed by atoms with Gasteiger partial charge in [0.15, 0.2) is 0 Å². The lowest BCUT2D eigenvalue weighted by Gasteiger charge is -2.33. The van der Waals surface area contributed by atoms with Crippen LogP contribution in [0.15, 0.2) is 18.2 Å². The summed E-state index contributed by atoms with van der Waals surface area (Å²) in [5, 5.41) is 2.90. The number of benzene rings is 1. The van der Waals surface area contributed by atoms with Crippen molar-refractivity contribution in [2.45, 2.75) is 19.0 Å². The van der Waals surface area contributed by atoms with E-state index in [1.807, 2.05) is 11.4 Å². The second-order valence-corrected chi connectivity index (χ2v) is 6.05. The first kappa shape index (κ1) is 17.2. The fourth-order valence-electron chi connectivity index (χ4n) is 2.41. The van der Waals surface area contributed by atoms with E-state index in [0.29, 0.717) is 36.0 Å². The van der Waals surface area contributed by atoms with Crippen molar-refractivity contribution in [3.63, 3.8) is 0 Å². The van der Waals surface area contributed by atoms with Crippen LogP contribution in [0.3, 0.4) is 0 Å². The van der Waals surface area contributed by atoms with E-state index in [9.17, 15) is 18.0 Å². The molecule has 8 heteroatoms. The van der Waals surface area contributed by atoms with Crippen molar-refractivity contribution in [1.82, 2.24) is 5.32 Å². The summed E-state index contributed by atoms with van der Waals surface area (Å²) in [4.78, 5) is 12.9. The van der Waals surface area contributed by atoms with E-state index in [4.69, 9.17) is 23.2 Å². The van der Waals surface area contributed by atoms with Crippen LogP contribution in [0.2, 0.25) is 10.0 Å². The fraction of sp³-hybridized carbons (Fsp3) is 0.500. The molecule has 0 aromatic heterocycles. The molecule has 122 valence electrons. The Hall–Kier alpha value is -1.14. The number of alkyl halides is 3. The van der Waals surface area contributed by atoms with Crippen molar-refractivity contribution in [3.8, 4) is 0 Å². The van der Waals surface area contributed by atoms with Gasteiger partial charge in [-0.25, -0.2) is 0 Å². The molecule has 1 aromatic carbocycles. The molecule has 0 aliphatic carbocycles. The minimum atomic E-state index is -4.82. The molecule has 1 amide bonds. The van der Waals surface area contributed by atoms with Crippen molar-refractivity contribution in [2.75, 3.05) is 24.5 Å². The average molecular weight is 355 g/mol. The molecular formula is C14H15Cl2F3N2O. The van der Waals surface area contributed by atoms with Crippen molar-refractivity contribution >= 4 is 34.8 Å². The first-order valence-corrected chi connectivity index (χ1v) is 7.58. The molecule has 0 unspecified atom stereocenters. The molecule has 1 aliphatic rings. The SMILES string of the molecule is O=C(NCC1CCN(c2ccc(Cl)c(Cl)c2)CC1)C(F)(F)F. The lowest BCUT2D eigenvalue weighted by atomic mass is 9.96. The Morgan fingerprint density at radius 3 is 2.41 bits per heavy atom. The van der Waals surface area contributed by atoms with Gasteiger partial charge >= 0.3 is 12.1 Å². The molecule has 1 heterocycles. The average Bonchev–Trinajstić information content (AvgIpc) is 2.47. The van der Waals surface area contributed by atoms with E-state index in [2.05, 4.69) is 4.90 Å². The van der Waals surface area contributed by atoms with Gasteiger partial charge in [-0.2, -0.15) is 13.2 Å². The van der Waals surface area contributed by atoms with Crippen molar-refractivity contribution < 1.29 is 18.0 Å².